The largest absolute Gasteiger partial charge is 0.493 e. The molecule has 8 heteroatoms. The molecule has 8 rings (SSSR count). The van der Waals surface area contributed by atoms with Crippen molar-refractivity contribution in [1.29, 1.82) is 0 Å². The second-order valence-corrected chi connectivity index (χ2v) is 12.9. The van der Waals surface area contributed by atoms with Gasteiger partial charge in [-0.05, 0) is 63.3 Å². The van der Waals surface area contributed by atoms with Gasteiger partial charge >= 0.3 is 0 Å². The topological polar surface area (TPSA) is 83.9 Å². The summed E-state index contributed by atoms with van der Waals surface area (Å²) in [7, 11) is 7.69. The van der Waals surface area contributed by atoms with E-state index in [1.807, 2.05) is 24.3 Å². The predicted octanol–water partition coefficient (Wildman–Crippen LogP) is 3.70. The molecule has 2 N–H and O–H groups in total. The van der Waals surface area contributed by atoms with Crippen molar-refractivity contribution in [3.8, 4) is 23.0 Å². The summed E-state index contributed by atoms with van der Waals surface area (Å²) in [4.78, 5) is 4.70. The van der Waals surface area contributed by atoms with Gasteiger partial charge in [0.1, 0.15) is 12.2 Å². The standard InChI is InChI=1S/2C17H21NO3/c2*1-18-8-7-17-6-5-12(19)9-14(17)21-16-13(20-2)4-3-11(10-18)15(16)17/h2*3-6,12,14,19H,7-10H2,1-2H3/t2*12-,14-,17-/m00/s1. The zero-order valence-corrected chi connectivity index (χ0v) is 25.0. The Morgan fingerprint density at radius 1 is 0.714 bits per heavy atom. The van der Waals surface area contributed by atoms with E-state index in [1.165, 1.54) is 22.3 Å². The molecular formula is C34H42N2O6. The third-order valence-corrected chi connectivity index (χ3v) is 10.3. The normalized spacial score (nSPS) is 33.9. The van der Waals surface area contributed by atoms with Gasteiger partial charge in [0.2, 0.25) is 0 Å². The minimum atomic E-state index is -0.412. The number of aliphatic hydroxyl groups excluding tert-OH is 2. The molecule has 0 saturated heterocycles. The van der Waals surface area contributed by atoms with Crippen LogP contribution in [0.25, 0.3) is 0 Å². The van der Waals surface area contributed by atoms with Crippen LogP contribution in [0.5, 0.6) is 23.0 Å². The molecule has 2 aromatic rings. The fourth-order valence-electron chi connectivity index (χ4n) is 8.15. The molecule has 42 heavy (non-hydrogen) atoms. The van der Waals surface area contributed by atoms with Crippen molar-refractivity contribution in [2.45, 2.75) is 74.0 Å². The van der Waals surface area contributed by atoms with E-state index in [-0.39, 0.29) is 23.0 Å². The van der Waals surface area contributed by atoms with Crippen LogP contribution in [0.15, 0.2) is 48.6 Å². The van der Waals surface area contributed by atoms with E-state index in [0.29, 0.717) is 12.8 Å². The molecule has 0 fully saturated rings. The summed E-state index contributed by atoms with van der Waals surface area (Å²) in [5.74, 6) is 3.37. The van der Waals surface area contributed by atoms with Gasteiger partial charge < -0.3 is 39.0 Å². The van der Waals surface area contributed by atoms with Crippen LogP contribution in [0.4, 0.5) is 0 Å². The number of hydrogen-bond donors (Lipinski definition) is 2. The van der Waals surface area contributed by atoms with E-state index >= 15 is 0 Å². The number of hydrogen-bond acceptors (Lipinski definition) is 8. The first kappa shape index (κ1) is 27.8. The molecule has 4 aliphatic heterocycles. The molecule has 8 nitrogen and oxygen atoms in total. The van der Waals surface area contributed by atoms with Crippen molar-refractivity contribution in [3.63, 3.8) is 0 Å². The SMILES string of the molecule is COc1ccc2c3c1O[C@H]1C[C@@H](O)C=C[C@@]31CCN(C)C2.COc1ccc2c3c1O[C@H]1C[C@@H](O)C=C[C@@]31CCN(C)C2. The average Bonchev–Trinajstić information content (AvgIpc) is 3.38. The summed E-state index contributed by atoms with van der Waals surface area (Å²) in [6.45, 7) is 3.91. The first-order valence-corrected chi connectivity index (χ1v) is 15.1. The summed E-state index contributed by atoms with van der Waals surface area (Å²) >= 11 is 0. The predicted molar refractivity (Wildman–Crippen MR) is 160 cm³/mol. The number of benzene rings is 2. The van der Waals surface area contributed by atoms with E-state index in [4.69, 9.17) is 18.9 Å². The second kappa shape index (κ2) is 10.3. The molecule has 2 spiro atoms. The van der Waals surface area contributed by atoms with Crippen LogP contribution in [-0.2, 0) is 23.9 Å². The highest BCUT2D eigenvalue weighted by Gasteiger charge is 2.53. The highest BCUT2D eigenvalue weighted by Crippen LogP contribution is 2.57. The molecule has 6 atom stereocenters. The Kier molecular flexibility index (Phi) is 6.81. The van der Waals surface area contributed by atoms with Crippen molar-refractivity contribution in [3.05, 3.63) is 70.8 Å². The number of methoxy groups -OCH3 is 2. The average molecular weight is 575 g/mol. The van der Waals surface area contributed by atoms with Gasteiger partial charge in [-0.2, -0.15) is 0 Å². The maximum Gasteiger partial charge on any atom is 0.166 e. The lowest BCUT2D eigenvalue weighted by molar-refractivity contribution is 0.0819. The van der Waals surface area contributed by atoms with Crippen LogP contribution in [-0.4, -0.2) is 85.8 Å². The Hall–Kier alpha value is -3.04. The van der Waals surface area contributed by atoms with E-state index in [2.05, 4.69) is 48.2 Å². The third-order valence-electron chi connectivity index (χ3n) is 10.3. The van der Waals surface area contributed by atoms with Gasteiger partial charge in [-0.25, -0.2) is 0 Å². The molecule has 6 aliphatic rings. The molecule has 0 saturated carbocycles. The fourth-order valence-corrected chi connectivity index (χ4v) is 8.15. The highest BCUT2D eigenvalue weighted by atomic mass is 16.5. The first-order chi connectivity index (χ1) is 20.3. The fraction of sp³-hybridized carbons (Fsp3) is 0.529. The lowest BCUT2D eigenvalue weighted by Crippen LogP contribution is -2.42. The number of rotatable bonds is 2. The molecule has 0 amide bonds. The summed E-state index contributed by atoms with van der Waals surface area (Å²) in [5, 5.41) is 19.9. The minimum absolute atomic E-state index is 0.00838. The monoisotopic (exact) mass is 574 g/mol. The van der Waals surface area contributed by atoms with Gasteiger partial charge in [0.05, 0.1) is 37.3 Å². The Bertz CT molecular complexity index is 1330. The molecular weight excluding hydrogens is 532 g/mol. The minimum Gasteiger partial charge on any atom is -0.493 e. The molecule has 0 unspecified atom stereocenters. The zero-order valence-electron chi connectivity index (χ0n) is 25.0. The molecule has 224 valence electrons. The quantitative estimate of drug-likeness (QED) is 0.526. The van der Waals surface area contributed by atoms with Crippen molar-refractivity contribution in [1.82, 2.24) is 9.80 Å². The maximum atomic E-state index is 9.97. The molecule has 2 aromatic carbocycles. The van der Waals surface area contributed by atoms with Gasteiger partial charge in [-0.3, -0.25) is 0 Å². The summed E-state index contributed by atoms with van der Waals surface area (Å²) in [5.41, 5.74) is 4.97. The Balaban J connectivity index is 0.000000137. The van der Waals surface area contributed by atoms with Gasteiger partial charge in [0.25, 0.3) is 0 Å². The summed E-state index contributed by atoms with van der Waals surface area (Å²) < 4.78 is 23.5. The summed E-state index contributed by atoms with van der Waals surface area (Å²) in [6.07, 6.45) is 10.8. The zero-order chi connectivity index (χ0) is 29.2. The Morgan fingerprint density at radius 2 is 1.14 bits per heavy atom. The van der Waals surface area contributed by atoms with Gasteiger partial charge in [-0.15, -0.1) is 0 Å². The van der Waals surface area contributed by atoms with Gasteiger partial charge in [0.15, 0.2) is 23.0 Å². The van der Waals surface area contributed by atoms with Crippen LogP contribution in [0.2, 0.25) is 0 Å². The third kappa shape index (κ3) is 4.18. The van der Waals surface area contributed by atoms with Crippen molar-refractivity contribution >= 4 is 0 Å². The Morgan fingerprint density at radius 3 is 1.55 bits per heavy atom. The number of aliphatic hydroxyl groups is 2. The first-order valence-electron chi connectivity index (χ1n) is 15.1. The number of nitrogens with zero attached hydrogens (tertiary/aromatic N) is 2. The molecule has 2 aliphatic carbocycles. The number of ether oxygens (including phenoxy) is 4. The summed E-state index contributed by atoms with van der Waals surface area (Å²) in [6, 6.07) is 8.31. The molecule has 4 heterocycles. The lowest BCUT2D eigenvalue weighted by Gasteiger charge is -2.35. The molecule has 0 bridgehead atoms. The highest BCUT2D eigenvalue weighted by molar-refractivity contribution is 5.62. The van der Waals surface area contributed by atoms with Crippen molar-refractivity contribution < 1.29 is 29.2 Å². The maximum absolute atomic E-state index is 9.97. The van der Waals surface area contributed by atoms with E-state index in [1.54, 1.807) is 14.2 Å². The van der Waals surface area contributed by atoms with Crippen LogP contribution in [0.3, 0.4) is 0 Å². The lowest BCUT2D eigenvalue weighted by atomic mass is 9.69. The van der Waals surface area contributed by atoms with E-state index in [0.717, 1.165) is 62.0 Å². The Labute approximate surface area is 248 Å². The van der Waals surface area contributed by atoms with E-state index < -0.39 is 12.2 Å². The van der Waals surface area contributed by atoms with Crippen LogP contribution >= 0.6 is 0 Å². The second-order valence-electron chi connectivity index (χ2n) is 12.9. The van der Waals surface area contributed by atoms with Crippen LogP contribution in [0, 0.1) is 0 Å². The van der Waals surface area contributed by atoms with Gasteiger partial charge in [-0.1, -0.05) is 36.4 Å². The smallest absolute Gasteiger partial charge is 0.166 e. The van der Waals surface area contributed by atoms with Gasteiger partial charge in [0, 0.05) is 37.1 Å². The van der Waals surface area contributed by atoms with Crippen LogP contribution in [0.1, 0.15) is 47.9 Å². The van der Waals surface area contributed by atoms with E-state index in [9.17, 15) is 10.2 Å². The van der Waals surface area contributed by atoms with Crippen LogP contribution < -0.4 is 18.9 Å². The molecule has 0 aromatic heterocycles. The van der Waals surface area contributed by atoms with Crippen molar-refractivity contribution in [2.24, 2.45) is 0 Å². The van der Waals surface area contributed by atoms with Crippen molar-refractivity contribution in [2.75, 3.05) is 41.4 Å². The molecule has 0 radical (unpaired) electrons.